The summed E-state index contributed by atoms with van der Waals surface area (Å²) in [7, 11) is -2.19. The van der Waals surface area contributed by atoms with Crippen molar-refractivity contribution in [2.75, 3.05) is 20.7 Å². The van der Waals surface area contributed by atoms with E-state index in [0.29, 0.717) is 0 Å². The number of benzene rings is 1. The molecule has 1 atom stereocenters. The Morgan fingerprint density at radius 2 is 2.00 bits per heavy atom. The first-order chi connectivity index (χ1) is 11.0. The molecule has 0 aliphatic heterocycles. The number of esters is 1. The average molecular weight is 360 g/mol. The Hall–Kier alpha value is -2.53. The van der Waals surface area contributed by atoms with Crippen LogP contribution in [0.3, 0.4) is 0 Å². The Morgan fingerprint density at radius 3 is 2.46 bits per heavy atom. The number of nitro benzene ring substituents is 1. The summed E-state index contributed by atoms with van der Waals surface area (Å²) < 4.78 is 30.4. The van der Waals surface area contributed by atoms with Gasteiger partial charge in [0.15, 0.2) is 0 Å². The van der Waals surface area contributed by atoms with Crippen LogP contribution in [0, 0.1) is 16.0 Å². The van der Waals surface area contributed by atoms with E-state index in [9.17, 15) is 28.1 Å². The van der Waals surface area contributed by atoms with Gasteiger partial charge in [-0.05, 0) is 6.07 Å². The van der Waals surface area contributed by atoms with E-state index in [1.54, 1.807) is 0 Å². The van der Waals surface area contributed by atoms with Crippen molar-refractivity contribution >= 4 is 27.6 Å². The maximum Gasteiger partial charge on any atom is 0.339 e. The molecular formula is C13H16N2O8S. The van der Waals surface area contributed by atoms with E-state index in [4.69, 9.17) is 5.11 Å². The third kappa shape index (κ3) is 4.06. The molecule has 10 nitrogen and oxygen atoms in total. The van der Waals surface area contributed by atoms with Crippen LogP contribution in [-0.2, 0) is 19.6 Å². The molecule has 0 saturated heterocycles. The largest absolute Gasteiger partial charge is 0.481 e. The number of hydrogen-bond acceptors (Lipinski definition) is 7. The Balaban J connectivity index is 3.44. The number of carbonyl (C=O) groups excluding carboxylic acids is 1. The summed E-state index contributed by atoms with van der Waals surface area (Å²) in [5.41, 5.74) is -0.904. The second kappa shape index (κ2) is 7.36. The molecule has 132 valence electrons. The first kappa shape index (κ1) is 19.5. The number of carbonyl (C=O) groups is 2. The summed E-state index contributed by atoms with van der Waals surface area (Å²) in [5.74, 6) is -3.20. The van der Waals surface area contributed by atoms with Gasteiger partial charge in [-0.25, -0.2) is 17.5 Å². The van der Waals surface area contributed by atoms with Gasteiger partial charge in [0.2, 0.25) is 10.0 Å². The van der Waals surface area contributed by atoms with Crippen molar-refractivity contribution in [2.45, 2.75) is 11.8 Å². The fraction of sp³-hybridized carbons (Fsp3) is 0.385. The summed E-state index contributed by atoms with van der Waals surface area (Å²) in [6.07, 6.45) is 0. The Bertz CT molecular complexity index is 774. The molecule has 1 unspecified atom stereocenters. The van der Waals surface area contributed by atoms with Crippen molar-refractivity contribution in [3.63, 3.8) is 0 Å². The second-order valence-electron chi connectivity index (χ2n) is 4.95. The van der Waals surface area contributed by atoms with Gasteiger partial charge in [-0.15, -0.1) is 0 Å². The van der Waals surface area contributed by atoms with Crippen LogP contribution >= 0.6 is 0 Å². The molecule has 1 N–H and O–H groups in total. The maximum absolute atomic E-state index is 12.6. The SMILES string of the molecule is COC(=O)c1ccc([N+](=O)[O-])cc1S(=O)(=O)N(C)CC(C)C(=O)O. The summed E-state index contributed by atoms with van der Waals surface area (Å²) >= 11 is 0. The minimum Gasteiger partial charge on any atom is -0.481 e. The van der Waals surface area contributed by atoms with Gasteiger partial charge in [0, 0.05) is 25.7 Å². The van der Waals surface area contributed by atoms with Gasteiger partial charge in [0.05, 0.1) is 23.5 Å². The monoisotopic (exact) mass is 360 g/mol. The van der Waals surface area contributed by atoms with Gasteiger partial charge in [-0.2, -0.15) is 0 Å². The predicted molar refractivity (Wildman–Crippen MR) is 81.1 cm³/mol. The van der Waals surface area contributed by atoms with Crippen molar-refractivity contribution in [2.24, 2.45) is 5.92 Å². The van der Waals surface area contributed by atoms with Crippen LogP contribution in [0.15, 0.2) is 23.1 Å². The van der Waals surface area contributed by atoms with Crippen molar-refractivity contribution in [3.05, 3.63) is 33.9 Å². The van der Waals surface area contributed by atoms with E-state index < -0.39 is 43.4 Å². The summed E-state index contributed by atoms with van der Waals surface area (Å²) in [4.78, 5) is 32.1. The van der Waals surface area contributed by atoms with Gasteiger partial charge < -0.3 is 9.84 Å². The number of non-ortho nitro benzene ring substituents is 1. The first-order valence-electron chi connectivity index (χ1n) is 6.58. The lowest BCUT2D eigenvalue weighted by molar-refractivity contribution is -0.385. The third-order valence-electron chi connectivity index (χ3n) is 3.22. The number of methoxy groups -OCH3 is 1. The van der Waals surface area contributed by atoms with Crippen LogP contribution in [-0.4, -0.2) is 55.4 Å². The lowest BCUT2D eigenvalue weighted by Crippen LogP contribution is -2.34. The molecule has 1 rings (SSSR count). The molecule has 0 amide bonds. The fourth-order valence-electron chi connectivity index (χ4n) is 1.85. The molecule has 0 fully saturated rings. The molecule has 0 spiro atoms. The number of nitrogens with zero attached hydrogens (tertiary/aromatic N) is 2. The van der Waals surface area contributed by atoms with Crippen LogP contribution in [0.4, 0.5) is 5.69 Å². The van der Waals surface area contributed by atoms with Gasteiger partial charge in [-0.3, -0.25) is 14.9 Å². The lowest BCUT2D eigenvalue weighted by atomic mass is 10.2. The summed E-state index contributed by atoms with van der Waals surface area (Å²) in [6.45, 7) is 0.935. The average Bonchev–Trinajstić information content (AvgIpc) is 2.52. The van der Waals surface area contributed by atoms with Crippen LogP contribution in [0.5, 0.6) is 0 Å². The minimum absolute atomic E-state index is 0.374. The van der Waals surface area contributed by atoms with Crippen LogP contribution < -0.4 is 0 Å². The number of carboxylic acid groups (broad SMARTS) is 1. The highest BCUT2D eigenvalue weighted by atomic mass is 32.2. The molecule has 0 bridgehead atoms. The molecule has 1 aromatic rings. The second-order valence-corrected chi connectivity index (χ2v) is 6.97. The summed E-state index contributed by atoms with van der Waals surface area (Å²) in [6, 6.07) is 2.69. The van der Waals surface area contributed by atoms with E-state index in [-0.39, 0.29) is 12.1 Å². The quantitative estimate of drug-likeness (QED) is 0.425. The highest BCUT2D eigenvalue weighted by molar-refractivity contribution is 7.89. The number of nitro groups is 1. The van der Waals surface area contributed by atoms with Gasteiger partial charge in [0.25, 0.3) is 5.69 Å². The molecule has 0 aromatic heterocycles. The number of carboxylic acids is 1. The zero-order valence-corrected chi connectivity index (χ0v) is 13.9. The fourth-order valence-corrected chi connectivity index (χ4v) is 3.30. The highest BCUT2D eigenvalue weighted by Crippen LogP contribution is 2.26. The predicted octanol–water partition coefficient (Wildman–Crippen LogP) is 0.723. The van der Waals surface area contributed by atoms with Crippen LogP contribution in [0.1, 0.15) is 17.3 Å². The van der Waals surface area contributed by atoms with Crippen molar-refractivity contribution in [1.82, 2.24) is 4.31 Å². The lowest BCUT2D eigenvalue weighted by Gasteiger charge is -2.20. The number of ether oxygens (including phenoxy) is 1. The Kier molecular flexibility index (Phi) is 5.99. The van der Waals surface area contributed by atoms with Gasteiger partial charge in [0.1, 0.15) is 4.90 Å². The number of hydrogen-bond donors (Lipinski definition) is 1. The molecule has 24 heavy (non-hydrogen) atoms. The number of aliphatic carboxylic acids is 1. The zero-order valence-electron chi connectivity index (χ0n) is 13.1. The van der Waals surface area contributed by atoms with Gasteiger partial charge >= 0.3 is 11.9 Å². The smallest absolute Gasteiger partial charge is 0.339 e. The molecule has 0 saturated carbocycles. The van der Waals surface area contributed by atoms with E-state index in [0.717, 1.165) is 36.7 Å². The standard InChI is InChI=1S/C13H16N2O8S/c1-8(12(16)17)7-14(2)24(21,22)11-6-9(15(19)20)4-5-10(11)13(18)23-3/h4-6,8H,7H2,1-3H3,(H,16,17). The van der Waals surface area contributed by atoms with Crippen LogP contribution in [0.25, 0.3) is 0 Å². The topological polar surface area (TPSA) is 144 Å². The summed E-state index contributed by atoms with van der Waals surface area (Å²) in [5, 5.41) is 19.8. The first-order valence-corrected chi connectivity index (χ1v) is 8.02. The molecule has 11 heteroatoms. The molecule has 0 heterocycles. The van der Waals surface area contributed by atoms with Crippen molar-refractivity contribution in [1.29, 1.82) is 0 Å². The molecule has 0 aliphatic carbocycles. The molecular weight excluding hydrogens is 344 g/mol. The third-order valence-corrected chi connectivity index (χ3v) is 5.09. The van der Waals surface area contributed by atoms with E-state index in [2.05, 4.69) is 4.74 Å². The van der Waals surface area contributed by atoms with E-state index in [1.165, 1.54) is 6.92 Å². The Labute approximate surface area is 137 Å². The van der Waals surface area contributed by atoms with Gasteiger partial charge in [-0.1, -0.05) is 6.92 Å². The highest BCUT2D eigenvalue weighted by Gasteiger charge is 2.31. The maximum atomic E-state index is 12.6. The van der Waals surface area contributed by atoms with E-state index >= 15 is 0 Å². The number of rotatable bonds is 7. The minimum atomic E-state index is -4.34. The zero-order chi connectivity index (χ0) is 18.7. The normalized spacial score (nSPS) is 12.7. The molecule has 1 aromatic carbocycles. The van der Waals surface area contributed by atoms with Crippen molar-refractivity contribution < 1.29 is 32.8 Å². The Morgan fingerprint density at radius 1 is 1.42 bits per heavy atom. The van der Waals surface area contributed by atoms with Crippen molar-refractivity contribution in [3.8, 4) is 0 Å². The number of sulfonamides is 1. The molecule has 0 radical (unpaired) electrons. The molecule has 0 aliphatic rings. The van der Waals surface area contributed by atoms with Crippen LogP contribution in [0.2, 0.25) is 0 Å². The van der Waals surface area contributed by atoms with E-state index in [1.807, 2.05) is 0 Å².